The molecule has 0 bridgehead atoms. The van der Waals surface area contributed by atoms with Gasteiger partial charge in [0.25, 0.3) is 11.4 Å². The predicted molar refractivity (Wildman–Crippen MR) is 140 cm³/mol. The third-order valence-corrected chi connectivity index (χ3v) is 6.43. The molecule has 1 aliphatic rings. The maximum Gasteiger partial charge on any atom is 0.423 e. The van der Waals surface area contributed by atoms with Gasteiger partial charge in [-0.2, -0.15) is 23.3 Å². The van der Waals surface area contributed by atoms with Gasteiger partial charge in [-0.3, -0.25) is 4.79 Å². The zero-order valence-electron chi connectivity index (χ0n) is 22.5. The molecule has 4 aromatic rings. The number of aromatic nitrogens is 6. The van der Waals surface area contributed by atoms with Gasteiger partial charge in [0, 0.05) is 19.1 Å². The number of rotatable bonds is 11. The van der Waals surface area contributed by atoms with Crippen molar-refractivity contribution in [2.75, 3.05) is 37.0 Å². The maximum absolute atomic E-state index is 13.9. The predicted octanol–water partition coefficient (Wildman–Crippen LogP) is 3.25. The minimum Gasteiger partial charge on any atom is -0.497 e. The van der Waals surface area contributed by atoms with E-state index >= 15 is 0 Å². The number of nitrogens with zero attached hydrogens (tertiary/aromatic N) is 7. The molecule has 0 saturated carbocycles. The van der Waals surface area contributed by atoms with E-state index in [-0.39, 0.29) is 31.6 Å². The first-order valence-electron chi connectivity index (χ1n) is 12.8. The molecule has 1 fully saturated rings. The Morgan fingerprint density at radius 3 is 2.52 bits per heavy atom. The van der Waals surface area contributed by atoms with Gasteiger partial charge >= 0.3 is 6.18 Å². The number of nitrogens with one attached hydrogen (secondary N) is 1. The minimum absolute atomic E-state index is 0.0247. The van der Waals surface area contributed by atoms with Gasteiger partial charge in [-0.1, -0.05) is 17.3 Å². The van der Waals surface area contributed by atoms with Crippen molar-refractivity contribution in [2.45, 2.75) is 38.2 Å². The summed E-state index contributed by atoms with van der Waals surface area (Å²) in [6.07, 6.45) is -1.75. The van der Waals surface area contributed by atoms with Crippen molar-refractivity contribution in [1.82, 2.24) is 29.9 Å². The smallest absolute Gasteiger partial charge is 0.423 e. The molecule has 0 amide bonds. The summed E-state index contributed by atoms with van der Waals surface area (Å²) in [6.45, 7) is 2.42. The summed E-state index contributed by atoms with van der Waals surface area (Å²) in [6, 6.07) is 5.95. The fourth-order valence-corrected chi connectivity index (χ4v) is 4.29. The van der Waals surface area contributed by atoms with Gasteiger partial charge in [-0.25, -0.2) is 19.0 Å². The van der Waals surface area contributed by atoms with Crippen molar-refractivity contribution < 1.29 is 31.6 Å². The Kier molecular flexibility index (Phi) is 8.33. The second kappa shape index (κ2) is 12.1. The summed E-state index contributed by atoms with van der Waals surface area (Å²) >= 11 is 0. The minimum atomic E-state index is -4.91. The maximum atomic E-state index is 13.9. The fourth-order valence-electron chi connectivity index (χ4n) is 4.29. The largest absolute Gasteiger partial charge is 0.497 e. The number of anilines is 2. The first-order chi connectivity index (χ1) is 20.1. The number of ether oxygens (including phenoxy) is 2. The van der Waals surface area contributed by atoms with Crippen molar-refractivity contribution in [1.29, 1.82) is 0 Å². The summed E-state index contributed by atoms with van der Waals surface area (Å²) in [5, 5.41) is 10.6. The molecule has 1 N–H and O–H groups in total. The molecule has 0 aliphatic carbocycles. The zero-order valence-corrected chi connectivity index (χ0v) is 22.5. The Bertz CT molecular complexity index is 1550. The quantitative estimate of drug-likeness (QED) is 0.258. The van der Waals surface area contributed by atoms with E-state index in [9.17, 15) is 22.4 Å². The number of halogens is 4. The normalized spacial score (nSPS) is 14.5. The van der Waals surface area contributed by atoms with Gasteiger partial charge in [0.05, 0.1) is 50.5 Å². The molecule has 1 aromatic carbocycles. The molecule has 4 heterocycles. The topological polar surface area (TPSA) is 133 Å². The third-order valence-electron chi connectivity index (χ3n) is 6.43. The van der Waals surface area contributed by atoms with Crippen molar-refractivity contribution in [3.63, 3.8) is 0 Å². The zero-order chi connectivity index (χ0) is 29.9. The van der Waals surface area contributed by atoms with Crippen LogP contribution in [0.25, 0.3) is 0 Å². The SMILES string of the molecule is COc1ccc(Cn2ncc(NC(C)COCc3nc(C4CN(c5ncc(F)cn5)C4)no3)c(C(F)(F)F)c2=O)cc1. The molecule has 222 valence electrons. The summed E-state index contributed by atoms with van der Waals surface area (Å²) in [7, 11) is 1.49. The third kappa shape index (κ3) is 6.64. The molecule has 3 aromatic heterocycles. The van der Waals surface area contributed by atoms with Gasteiger partial charge in [-0.05, 0) is 24.6 Å². The van der Waals surface area contributed by atoms with Crippen molar-refractivity contribution in [3.05, 3.63) is 81.9 Å². The number of alkyl halides is 3. The molecular weight excluding hydrogens is 564 g/mol. The van der Waals surface area contributed by atoms with E-state index in [0.717, 1.165) is 23.3 Å². The first kappa shape index (κ1) is 28.9. The molecule has 1 unspecified atom stereocenters. The number of hydrogen-bond donors (Lipinski definition) is 1. The van der Waals surface area contributed by atoms with Crippen LogP contribution < -0.4 is 20.5 Å². The van der Waals surface area contributed by atoms with Gasteiger partial charge in [0.1, 0.15) is 17.9 Å². The molecule has 1 atom stereocenters. The standard InChI is InChI=1S/C26H26F4N8O4/c1-15(13-41-14-21-35-23(36-42-21)17-11-37(12-17)25-31-7-18(27)8-32-25)34-20-9-33-38(24(39)22(20)26(28,29)30)10-16-3-5-19(40-2)6-4-16/h3-9,15,17,34H,10-14H2,1-2H3. The fraction of sp³-hybridized carbons (Fsp3) is 0.385. The first-order valence-corrected chi connectivity index (χ1v) is 12.8. The van der Waals surface area contributed by atoms with Crippen molar-refractivity contribution >= 4 is 11.6 Å². The second-order valence-corrected chi connectivity index (χ2v) is 9.65. The number of hydrogen-bond acceptors (Lipinski definition) is 11. The van der Waals surface area contributed by atoms with Crippen LogP contribution >= 0.6 is 0 Å². The lowest BCUT2D eigenvalue weighted by molar-refractivity contribution is -0.138. The molecule has 0 spiro atoms. The Hall–Kier alpha value is -4.60. The van der Waals surface area contributed by atoms with Crippen LogP contribution in [0.2, 0.25) is 0 Å². The van der Waals surface area contributed by atoms with Crippen LogP contribution in [0.1, 0.15) is 35.7 Å². The van der Waals surface area contributed by atoms with Gasteiger partial charge in [0.15, 0.2) is 11.6 Å². The monoisotopic (exact) mass is 590 g/mol. The van der Waals surface area contributed by atoms with E-state index in [1.54, 1.807) is 31.2 Å². The van der Waals surface area contributed by atoms with Crippen LogP contribution in [0.5, 0.6) is 5.75 Å². The molecule has 1 saturated heterocycles. The average molecular weight is 591 g/mol. The molecule has 0 radical (unpaired) electrons. The van der Waals surface area contributed by atoms with Gasteiger partial charge in [0.2, 0.25) is 5.95 Å². The highest BCUT2D eigenvalue weighted by molar-refractivity contribution is 5.50. The molecule has 42 heavy (non-hydrogen) atoms. The Morgan fingerprint density at radius 1 is 1.14 bits per heavy atom. The van der Waals surface area contributed by atoms with E-state index < -0.39 is 34.8 Å². The highest BCUT2D eigenvalue weighted by Crippen LogP contribution is 2.32. The summed E-state index contributed by atoms with van der Waals surface area (Å²) in [4.78, 5) is 26.8. The average Bonchev–Trinajstić information content (AvgIpc) is 3.38. The Labute approximate surface area is 236 Å². The number of benzene rings is 1. The summed E-state index contributed by atoms with van der Waals surface area (Å²) in [5.41, 5.74) is -2.48. The Morgan fingerprint density at radius 2 is 1.86 bits per heavy atom. The van der Waals surface area contributed by atoms with E-state index in [4.69, 9.17) is 14.0 Å². The van der Waals surface area contributed by atoms with Crippen LogP contribution in [-0.2, 0) is 24.1 Å². The van der Waals surface area contributed by atoms with Crippen molar-refractivity contribution in [3.8, 4) is 5.75 Å². The van der Waals surface area contributed by atoms with Crippen LogP contribution in [0, 0.1) is 5.82 Å². The Balaban J connectivity index is 1.15. The van der Waals surface area contributed by atoms with E-state index in [1.165, 1.54) is 7.11 Å². The van der Waals surface area contributed by atoms with Crippen LogP contribution in [-0.4, -0.2) is 62.7 Å². The van der Waals surface area contributed by atoms with Crippen LogP contribution in [0.4, 0.5) is 29.2 Å². The lowest BCUT2D eigenvalue weighted by Crippen LogP contribution is -2.46. The van der Waals surface area contributed by atoms with E-state index in [2.05, 4.69) is 30.5 Å². The van der Waals surface area contributed by atoms with E-state index in [0.29, 0.717) is 36.2 Å². The van der Waals surface area contributed by atoms with Gasteiger partial charge < -0.3 is 24.2 Å². The van der Waals surface area contributed by atoms with E-state index in [1.807, 2.05) is 4.90 Å². The van der Waals surface area contributed by atoms with Crippen molar-refractivity contribution in [2.24, 2.45) is 0 Å². The summed E-state index contributed by atoms with van der Waals surface area (Å²) < 4.78 is 71.3. The highest BCUT2D eigenvalue weighted by Gasteiger charge is 2.38. The highest BCUT2D eigenvalue weighted by atomic mass is 19.4. The summed E-state index contributed by atoms with van der Waals surface area (Å²) in [5.74, 6) is 1.10. The van der Waals surface area contributed by atoms with Crippen LogP contribution in [0.15, 0.2) is 52.2 Å². The number of methoxy groups -OCH3 is 1. The lowest BCUT2D eigenvalue weighted by Gasteiger charge is -2.37. The molecule has 12 nitrogen and oxygen atoms in total. The molecule has 16 heteroatoms. The second-order valence-electron chi connectivity index (χ2n) is 9.65. The van der Waals surface area contributed by atoms with Gasteiger partial charge in [-0.15, -0.1) is 0 Å². The molecule has 1 aliphatic heterocycles. The molecular formula is C26H26F4N8O4. The molecule has 5 rings (SSSR count). The lowest BCUT2D eigenvalue weighted by atomic mass is 10.0. The van der Waals surface area contributed by atoms with Crippen LogP contribution in [0.3, 0.4) is 0 Å².